The summed E-state index contributed by atoms with van der Waals surface area (Å²) in [6.07, 6.45) is 2.36. The number of nitrogens with zero attached hydrogens (tertiary/aromatic N) is 2. The zero-order chi connectivity index (χ0) is 14.7. The highest BCUT2D eigenvalue weighted by Gasteiger charge is 2.22. The third kappa shape index (κ3) is 3.52. The van der Waals surface area contributed by atoms with Crippen molar-refractivity contribution in [2.75, 3.05) is 13.1 Å². The van der Waals surface area contributed by atoms with Gasteiger partial charge in [-0.1, -0.05) is 35.5 Å². The lowest BCUT2D eigenvalue weighted by molar-refractivity contribution is 0.162. The number of nitrogens with two attached hydrogens (primary N) is 1. The van der Waals surface area contributed by atoms with E-state index in [1.807, 2.05) is 36.4 Å². The van der Waals surface area contributed by atoms with Crippen LogP contribution in [0.3, 0.4) is 0 Å². The van der Waals surface area contributed by atoms with Crippen LogP contribution in [-0.2, 0) is 6.54 Å². The van der Waals surface area contributed by atoms with Gasteiger partial charge in [-0.3, -0.25) is 4.90 Å². The third-order valence-electron chi connectivity index (χ3n) is 4.38. The normalized spacial score (nSPS) is 18.8. The lowest BCUT2D eigenvalue weighted by atomic mass is 9.91. The summed E-state index contributed by atoms with van der Waals surface area (Å²) in [5.74, 6) is 1.51. The Hall–Kier alpha value is -1.65. The van der Waals surface area contributed by atoms with Crippen LogP contribution in [0, 0.1) is 5.92 Å². The smallest absolute Gasteiger partial charge is 0.167 e. The van der Waals surface area contributed by atoms with Gasteiger partial charge in [0.15, 0.2) is 5.76 Å². The van der Waals surface area contributed by atoms with Gasteiger partial charge in [-0.25, -0.2) is 0 Å². The molecule has 3 rings (SSSR count). The first kappa shape index (κ1) is 14.3. The molecule has 0 saturated carbocycles. The summed E-state index contributed by atoms with van der Waals surface area (Å²) in [4.78, 5) is 2.44. The standard InChI is InChI=1S/C17H23N3O/c1-13(18)14-7-9-20(10-8-14)12-16-11-17(21-19-16)15-5-3-2-4-6-15/h2-6,11,13-14H,7-10,12,18H2,1H3. The van der Waals surface area contributed by atoms with E-state index in [9.17, 15) is 0 Å². The zero-order valence-corrected chi connectivity index (χ0v) is 12.5. The fourth-order valence-electron chi connectivity index (χ4n) is 2.99. The topological polar surface area (TPSA) is 55.3 Å². The minimum absolute atomic E-state index is 0.309. The van der Waals surface area contributed by atoms with Crippen LogP contribution in [0.5, 0.6) is 0 Å². The summed E-state index contributed by atoms with van der Waals surface area (Å²) in [6, 6.07) is 12.5. The van der Waals surface area contributed by atoms with Crippen molar-refractivity contribution in [3.05, 3.63) is 42.1 Å². The zero-order valence-electron chi connectivity index (χ0n) is 12.5. The maximum Gasteiger partial charge on any atom is 0.167 e. The van der Waals surface area contributed by atoms with Crippen LogP contribution in [0.1, 0.15) is 25.5 Å². The molecule has 2 aromatic rings. The predicted molar refractivity (Wildman–Crippen MR) is 83.6 cm³/mol. The molecule has 21 heavy (non-hydrogen) atoms. The SMILES string of the molecule is CC(N)C1CCN(Cc2cc(-c3ccccc3)on2)CC1. The molecule has 1 fully saturated rings. The van der Waals surface area contributed by atoms with Crippen LogP contribution in [0.2, 0.25) is 0 Å². The first-order valence-electron chi connectivity index (χ1n) is 7.71. The van der Waals surface area contributed by atoms with E-state index in [0.717, 1.165) is 36.7 Å². The molecule has 0 aliphatic carbocycles. The van der Waals surface area contributed by atoms with Gasteiger partial charge < -0.3 is 10.3 Å². The van der Waals surface area contributed by atoms with Crippen molar-refractivity contribution >= 4 is 0 Å². The molecule has 4 heteroatoms. The summed E-state index contributed by atoms with van der Waals surface area (Å²) in [5, 5.41) is 4.20. The van der Waals surface area contributed by atoms with Crippen molar-refractivity contribution < 1.29 is 4.52 Å². The van der Waals surface area contributed by atoms with Gasteiger partial charge in [-0.2, -0.15) is 0 Å². The molecular formula is C17H23N3O. The maximum absolute atomic E-state index is 5.99. The number of piperidine rings is 1. The average Bonchev–Trinajstić information content (AvgIpc) is 2.97. The molecule has 1 unspecified atom stereocenters. The lowest BCUT2D eigenvalue weighted by Gasteiger charge is -2.33. The lowest BCUT2D eigenvalue weighted by Crippen LogP contribution is -2.39. The summed E-state index contributed by atoms with van der Waals surface area (Å²) < 4.78 is 5.45. The van der Waals surface area contributed by atoms with Crippen molar-refractivity contribution in [3.8, 4) is 11.3 Å². The van der Waals surface area contributed by atoms with Crippen molar-refractivity contribution in [1.82, 2.24) is 10.1 Å². The van der Waals surface area contributed by atoms with E-state index in [4.69, 9.17) is 10.3 Å². The largest absolute Gasteiger partial charge is 0.356 e. The molecule has 0 amide bonds. The van der Waals surface area contributed by atoms with Gasteiger partial charge in [0.2, 0.25) is 0 Å². The third-order valence-corrected chi connectivity index (χ3v) is 4.38. The Bertz CT molecular complexity index is 556. The van der Waals surface area contributed by atoms with E-state index >= 15 is 0 Å². The van der Waals surface area contributed by atoms with Gasteiger partial charge in [0.1, 0.15) is 0 Å². The number of aromatic nitrogens is 1. The molecule has 1 atom stereocenters. The fraction of sp³-hybridized carbons (Fsp3) is 0.471. The quantitative estimate of drug-likeness (QED) is 0.938. The van der Waals surface area contributed by atoms with Gasteiger partial charge in [0.05, 0.1) is 5.69 Å². The monoisotopic (exact) mass is 285 g/mol. The number of hydrogen-bond acceptors (Lipinski definition) is 4. The molecule has 0 bridgehead atoms. The second kappa shape index (κ2) is 6.41. The fourth-order valence-corrected chi connectivity index (χ4v) is 2.99. The first-order chi connectivity index (χ1) is 10.2. The second-order valence-corrected chi connectivity index (χ2v) is 6.02. The van der Waals surface area contributed by atoms with E-state index in [1.54, 1.807) is 0 Å². The molecule has 1 aliphatic heterocycles. The molecule has 4 nitrogen and oxygen atoms in total. The first-order valence-corrected chi connectivity index (χ1v) is 7.71. The van der Waals surface area contributed by atoms with Crippen LogP contribution < -0.4 is 5.73 Å². The Balaban J connectivity index is 1.59. The Labute approximate surface area is 125 Å². The van der Waals surface area contributed by atoms with Crippen molar-refractivity contribution in [1.29, 1.82) is 0 Å². The molecule has 0 spiro atoms. The van der Waals surface area contributed by atoms with Crippen molar-refractivity contribution in [3.63, 3.8) is 0 Å². The second-order valence-electron chi connectivity index (χ2n) is 6.02. The summed E-state index contributed by atoms with van der Waals surface area (Å²) >= 11 is 0. The van der Waals surface area contributed by atoms with Gasteiger partial charge >= 0.3 is 0 Å². The highest BCUT2D eigenvalue weighted by atomic mass is 16.5. The van der Waals surface area contributed by atoms with Crippen LogP contribution in [0.4, 0.5) is 0 Å². The summed E-state index contributed by atoms with van der Waals surface area (Å²) in [6.45, 7) is 5.17. The number of rotatable bonds is 4. The predicted octanol–water partition coefficient (Wildman–Crippen LogP) is 2.90. The van der Waals surface area contributed by atoms with Gasteiger partial charge in [-0.15, -0.1) is 0 Å². The molecule has 0 radical (unpaired) electrons. The van der Waals surface area contributed by atoms with E-state index in [0.29, 0.717) is 12.0 Å². The van der Waals surface area contributed by atoms with E-state index in [2.05, 4.69) is 17.0 Å². The molecule has 2 heterocycles. The molecule has 112 valence electrons. The van der Waals surface area contributed by atoms with E-state index in [1.165, 1.54) is 12.8 Å². The molecule has 2 N–H and O–H groups in total. The van der Waals surface area contributed by atoms with Gasteiger partial charge in [0, 0.05) is 24.2 Å². The Morgan fingerprint density at radius 1 is 1.29 bits per heavy atom. The minimum Gasteiger partial charge on any atom is -0.356 e. The van der Waals surface area contributed by atoms with Crippen LogP contribution in [0.15, 0.2) is 40.9 Å². The summed E-state index contributed by atoms with van der Waals surface area (Å²) in [7, 11) is 0. The van der Waals surface area contributed by atoms with E-state index < -0.39 is 0 Å². The highest BCUT2D eigenvalue weighted by Crippen LogP contribution is 2.23. The molecule has 1 saturated heterocycles. The number of likely N-dealkylation sites (tertiary alicyclic amines) is 1. The van der Waals surface area contributed by atoms with Crippen LogP contribution in [0.25, 0.3) is 11.3 Å². The highest BCUT2D eigenvalue weighted by molar-refractivity contribution is 5.56. The van der Waals surface area contributed by atoms with Gasteiger partial charge in [-0.05, 0) is 38.8 Å². The average molecular weight is 285 g/mol. The molecule has 1 aromatic carbocycles. The Morgan fingerprint density at radius 2 is 2.00 bits per heavy atom. The Kier molecular flexibility index (Phi) is 4.36. The molecular weight excluding hydrogens is 262 g/mol. The van der Waals surface area contributed by atoms with Gasteiger partial charge in [0.25, 0.3) is 0 Å². The molecule has 1 aliphatic rings. The van der Waals surface area contributed by atoms with Crippen LogP contribution in [-0.4, -0.2) is 29.2 Å². The molecule has 1 aromatic heterocycles. The number of benzene rings is 1. The van der Waals surface area contributed by atoms with Crippen LogP contribution >= 0.6 is 0 Å². The maximum atomic E-state index is 5.99. The minimum atomic E-state index is 0.309. The van der Waals surface area contributed by atoms with E-state index in [-0.39, 0.29) is 0 Å². The summed E-state index contributed by atoms with van der Waals surface area (Å²) in [5.41, 5.74) is 8.07. The van der Waals surface area contributed by atoms with Crippen molar-refractivity contribution in [2.45, 2.75) is 32.4 Å². The Morgan fingerprint density at radius 3 is 2.67 bits per heavy atom. The number of hydrogen-bond donors (Lipinski definition) is 1. The van der Waals surface area contributed by atoms with Crippen molar-refractivity contribution in [2.24, 2.45) is 11.7 Å².